The van der Waals surface area contributed by atoms with Gasteiger partial charge in [0.1, 0.15) is 6.33 Å². The molecule has 0 saturated heterocycles. The summed E-state index contributed by atoms with van der Waals surface area (Å²) in [7, 11) is 0. The number of nitrogens with one attached hydrogen (secondary N) is 2. The molecule has 5 rings (SSSR count). The number of hydrogen-bond acceptors (Lipinski definition) is 6. The van der Waals surface area contributed by atoms with Gasteiger partial charge in [0, 0.05) is 5.39 Å². The summed E-state index contributed by atoms with van der Waals surface area (Å²) in [4.78, 5) is 32.2. The molecule has 2 N–H and O–H groups in total. The number of aromatic nitrogens is 6. The van der Waals surface area contributed by atoms with E-state index in [2.05, 4.69) is 30.2 Å². The molecular weight excluding hydrogens is 342 g/mol. The number of hydrogen-bond donors (Lipinski definition) is 2. The van der Waals surface area contributed by atoms with Gasteiger partial charge in [-0.3, -0.25) is 4.98 Å². The lowest BCUT2D eigenvalue weighted by atomic mass is 10.2. The van der Waals surface area contributed by atoms with E-state index in [1.807, 2.05) is 54.6 Å². The van der Waals surface area contributed by atoms with Gasteiger partial charge in [0.2, 0.25) is 11.9 Å². The van der Waals surface area contributed by atoms with Gasteiger partial charge < -0.3 is 10.3 Å². The maximum absolute atomic E-state index is 12.3. The maximum Gasteiger partial charge on any atom is 0.333 e. The number of fused-ring (bicyclic) bond motifs is 2. The minimum Gasteiger partial charge on any atom is -0.323 e. The van der Waals surface area contributed by atoms with Crippen LogP contribution in [0.15, 0.2) is 71.9 Å². The predicted octanol–water partition coefficient (Wildman–Crippen LogP) is 2.80. The zero-order chi connectivity index (χ0) is 18.2. The van der Waals surface area contributed by atoms with Crippen LogP contribution in [-0.4, -0.2) is 29.5 Å². The molecule has 0 atom stereocenters. The molecule has 27 heavy (non-hydrogen) atoms. The second-order valence-electron chi connectivity index (χ2n) is 5.93. The van der Waals surface area contributed by atoms with E-state index in [1.54, 1.807) is 6.20 Å². The summed E-state index contributed by atoms with van der Waals surface area (Å²) < 4.78 is 1.42. The molecule has 8 heteroatoms. The van der Waals surface area contributed by atoms with Gasteiger partial charge in [-0.1, -0.05) is 30.3 Å². The van der Waals surface area contributed by atoms with Crippen LogP contribution in [0.4, 0.5) is 11.6 Å². The van der Waals surface area contributed by atoms with Crippen LogP contribution < -0.4 is 11.0 Å². The third-order valence-corrected chi connectivity index (χ3v) is 4.20. The Morgan fingerprint density at radius 1 is 0.963 bits per heavy atom. The molecule has 0 amide bonds. The van der Waals surface area contributed by atoms with Crippen molar-refractivity contribution >= 4 is 33.6 Å². The Morgan fingerprint density at radius 3 is 2.78 bits per heavy atom. The average Bonchev–Trinajstić information content (AvgIpc) is 3.04. The van der Waals surface area contributed by atoms with Crippen LogP contribution in [0.3, 0.4) is 0 Å². The Labute approximate surface area is 152 Å². The van der Waals surface area contributed by atoms with Crippen molar-refractivity contribution in [2.75, 3.05) is 5.32 Å². The van der Waals surface area contributed by atoms with Gasteiger partial charge in [-0.15, -0.1) is 0 Å². The Kier molecular flexibility index (Phi) is 3.39. The highest BCUT2D eigenvalue weighted by Gasteiger charge is 2.12. The number of aromatic amines is 1. The molecule has 0 fully saturated rings. The number of H-pyrrole nitrogens is 1. The summed E-state index contributed by atoms with van der Waals surface area (Å²) in [5, 5.41) is 4.12. The van der Waals surface area contributed by atoms with Crippen LogP contribution in [0.25, 0.3) is 27.9 Å². The maximum atomic E-state index is 12.3. The molecule has 0 aliphatic heterocycles. The fourth-order valence-electron chi connectivity index (χ4n) is 2.98. The highest BCUT2D eigenvalue weighted by Crippen LogP contribution is 2.19. The Hall–Kier alpha value is -4.07. The van der Waals surface area contributed by atoms with E-state index in [0.29, 0.717) is 11.5 Å². The van der Waals surface area contributed by atoms with Gasteiger partial charge in [-0.05, 0) is 24.3 Å². The first-order chi connectivity index (χ1) is 13.3. The monoisotopic (exact) mass is 355 g/mol. The third kappa shape index (κ3) is 2.69. The molecule has 0 bridgehead atoms. The first-order valence-electron chi connectivity index (χ1n) is 8.29. The molecule has 130 valence electrons. The Bertz CT molecular complexity index is 1340. The van der Waals surface area contributed by atoms with Crippen LogP contribution in [0, 0.1) is 0 Å². The number of nitrogens with zero attached hydrogens (tertiary/aromatic N) is 5. The van der Waals surface area contributed by atoms with Crippen LogP contribution >= 0.6 is 0 Å². The number of rotatable bonds is 3. The quantitative estimate of drug-likeness (QED) is 0.516. The molecule has 5 aromatic rings. The Balaban J connectivity index is 1.55. The van der Waals surface area contributed by atoms with E-state index >= 15 is 0 Å². The molecule has 3 heterocycles. The van der Waals surface area contributed by atoms with E-state index in [-0.39, 0.29) is 11.6 Å². The van der Waals surface area contributed by atoms with Crippen molar-refractivity contribution in [3.63, 3.8) is 0 Å². The van der Waals surface area contributed by atoms with Crippen molar-refractivity contribution in [3.8, 4) is 5.95 Å². The molecular formula is C19H13N7O. The number of para-hydroxylation sites is 3. The minimum atomic E-state index is -0.305. The second-order valence-corrected chi connectivity index (χ2v) is 5.93. The SMILES string of the molecule is O=c1[nH]c2ccccc2n1-c1ncnc(Nc2cnc3ccccc3c2)n1. The van der Waals surface area contributed by atoms with Crippen LogP contribution in [-0.2, 0) is 0 Å². The normalized spacial score (nSPS) is 11.1. The molecule has 0 aliphatic carbocycles. The second kappa shape index (κ2) is 6.03. The van der Waals surface area contributed by atoms with Crippen LogP contribution in [0.2, 0.25) is 0 Å². The van der Waals surface area contributed by atoms with Crippen molar-refractivity contribution in [1.29, 1.82) is 0 Å². The van der Waals surface area contributed by atoms with Crippen LogP contribution in [0.5, 0.6) is 0 Å². The lowest BCUT2D eigenvalue weighted by molar-refractivity contribution is 0.886. The summed E-state index contributed by atoms with van der Waals surface area (Å²) in [6, 6.07) is 17.2. The van der Waals surface area contributed by atoms with E-state index in [4.69, 9.17) is 0 Å². The standard InChI is InChI=1S/C19H13N7O/c27-19-24-15-7-3-4-8-16(15)26(19)18-22-11-21-17(25-18)23-13-9-12-5-1-2-6-14(12)20-10-13/h1-11H,(H,24,27)(H,21,22,23,25). The number of anilines is 2. The van der Waals surface area contributed by atoms with Gasteiger partial charge >= 0.3 is 5.69 Å². The van der Waals surface area contributed by atoms with Gasteiger partial charge in [0.25, 0.3) is 0 Å². The van der Waals surface area contributed by atoms with E-state index < -0.39 is 0 Å². The number of pyridine rings is 1. The molecule has 0 spiro atoms. The van der Waals surface area contributed by atoms with Crippen molar-refractivity contribution in [3.05, 3.63) is 77.6 Å². The molecule has 8 nitrogen and oxygen atoms in total. The zero-order valence-corrected chi connectivity index (χ0v) is 14.0. The van der Waals surface area contributed by atoms with Crippen molar-refractivity contribution in [1.82, 2.24) is 29.5 Å². The van der Waals surface area contributed by atoms with E-state index in [1.165, 1.54) is 10.9 Å². The lowest BCUT2D eigenvalue weighted by Gasteiger charge is -2.07. The number of benzene rings is 2. The van der Waals surface area contributed by atoms with Gasteiger partial charge in [-0.25, -0.2) is 19.3 Å². The van der Waals surface area contributed by atoms with Gasteiger partial charge in [0.15, 0.2) is 0 Å². The average molecular weight is 355 g/mol. The first-order valence-corrected chi connectivity index (χ1v) is 8.29. The van der Waals surface area contributed by atoms with Crippen molar-refractivity contribution < 1.29 is 0 Å². The fraction of sp³-hybridized carbons (Fsp3) is 0. The Morgan fingerprint density at radius 2 is 1.81 bits per heavy atom. The zero-order valence-electron chi connectivity index (χ0n) is 14.0. The molecule has 0 aliphatic rings. The molecule has 0 unspecified atom stereocenters. The minimum absolute atomic E-state index is 0.240. The van der Waals surface area contributed by atoms with Gasteiger partial charge in [0.05, 0.1) is 28.4 Å². The largest absolute Gasteiger partial charge is 0.333 e. The van der Waals surface area contributed by atoms with Crippen molar-refractivity contribution in [2.45, 2.75) is 0 Å². The molecule has 0 saturated carbocycles. The van der Waals surface area contributed by atoms with Gasteiger partial charge in [-0.2, -0.15) is 4.98 Å². The van der Waals surface area contributed by atoms with E-state index in [0.717, 1.165) is 22.1 Å². The smallest absolute Gasteiger partial charge is 0.323 e. The van der Waals surface area contributed by atoms with Crippen molar-refractivity contribution in [2.24, 2.45) is 0 Å². The third-order valence-electron chi connectivity index (χ3n) is 4.20. The fourth-order valence-corrected chi connectivity index (χ4v) is 2.98. The molecule has 2 aromatic carbocycles. The molecule has 0 radical (unpaired) electrons. The lowest BCUT2D eigenvalue weighted by Crippen LogP contribution is -2.18. The summed E-state index contributed by atoms with van der Waals surface area (Å²) >= 11 is 0. The predicted molar refractivity (Wildman–Crippen MR) is 102 cm³/mol. The summed E-state index contributed by atoms with van der Waals surface area (Å²) in [6.45, 7) is 0. The highest BCUT2D eigenvalue weighted by atomic mass is 16.1. The summed E-state index contributed by atoms with van der Waals surface area (Å²) in [5.74, 6) is 0.568. The summed E-state index contributed by atoms with van der Waals surface area (Å²) in [5.41, 5.74) is 2.77. The summed E-state index contributed by atoms with van der Waals surface area (Å²) in [6.07, 6.45) is 3.08. The number of imidazole rings is 1. The first kappa shape index (κ1) is 15.2. The van der Waals surface area contributed by atoms with E-state index in [9.17, 15) is 4.79 Å². The van der Waals surface area contributed by atoms with Crippen LogP contribution in [0.1, 0.15) is 0 Å². The highest BCUT2D eigenvalue weighted by molar-refractivity contribution is 5.82. The topological polar surface area (TPSA) is 101 Å². The molecule has 3 aromatic heterocycles.